The first kappa shape index (κ1) is 16.2. The molecule has 0 amide bonds. The second-order valence-electron chi connectivity index (χ2n) is 7.03. The SMILES string of the molecule is C=CC=C(C)C(=O)CN1CC2CC(O)(c3ccccc3)CC2C1. The number of carbonyl (C=O) groups is 1. The zero-order chi connectivity index (χ0) is 16.4. The van der Waals surface area contributed by atoms with Gasteiger partial charge in [-0.2, -0.15) is 0 Å². The van der Waals surface area contributed by atoms with Crippen molar-refractivity contribution < 1.29 is 9.90 Å². The van der Waals surface area contributed by atoms with Gasteiger partial charge in [0.2, 0.25) is 0 Å². The number of hydrogen-bond donors (Lipinski definition) is 1. The highest BCUT2D eigenvalue weighted by Crippen LogP contribution is 2.48. The topological polar surface area (TPSA) is 40.5 Å². The van der Waals surface area contributed by atoms with Crippen molar-refractivity contribution in [2.75, 3.05) is 19.6 Å². The maximum Gasteiger partial charge on any atom is 0.172 e. The molecule has 1 saturated heterocycles. The molecule has 0 aromatic heterocycles. The average molecular weight is 311 g/mol. The van der Waals surface area contributed by atoms with Crippen molar-refractivity contribution in [2.45, 2.75) is 25.4 Å². The Balaban J connectivity index is 1.61. The van der Waals surface area contributed by atoms with Gasteiger partial charge in [-0.15, -0.1) is 0 Å². The van der Waals surface area contributed by atoms with Crippen LogP contribution in [0.3, 0.4) is 0 Å². The summed E-state index contributed by atoms with van der Waals surface area (Å²) in [6, 6.07) is 9.99. The van der Waals surface area contributed by atoms with Gasteiger partial charge in [-0.25, -0.2) is 0 Å². The molecule has 3 rings (SSSR count). The quantitative estimate of drug-likeness (QED) is 0.671. The van der Waals surface area contributed by atoms with Gasteiger partial charge in [-0.1, -0.05) is 49.1 Å². The van der Waals surface area contributed by atoms with E-state index in [0.717, 1.165) is 37.1 Å². The van der Waals surface area contributed by atoms with Crippen molar-refractivity contribution in [3.8, 4) is 0 Å². The number of likely N-dealkylation sites (tertiary alicyclic amines) is 1. The monoisotopic (exact) mass is 311 g/mol. The molecule has 1 aliphatic carbocycles. The van der Waals surface area contributed by atoms with E-state index in [1.807, 2.05) is 37.3 Å². The Kier molecular flexibility index (Phi) is 4.51. The fraction of sp³-hybridized carbons (Fsp3) is 0.450. The first-order chi connectivity index (χ1) is 11.0. The zero-order valence-electron chi connectivity index (χ0n) is 13.7. The summed E-state index contributed by atoms with van der Waals surface area (Å²) >= 11 is 0. The maximum atomic E-state index is 12.2. The number of benzene rings is 1. The predicted octanol–water partition coefficient (Wildman–Crippen LogP) is 2.92. The van der Waals surface area contributed by atoms with Crippen LogP contribution in [0, 0.1) is 11.8 Å². The highest BCUT2D eigenvalue weighted by Gasteiger charge is 2.48. The first-order valence-corrected chi connectivity index (χ1v) is 8.34. The molecule has 1 aliphatic heterocycles. The molecule has 2 unspecified atom stereocenters. The molecule has 1 heterocycles. The predicted molar refractivity (Wildman–Crippen MR) is 92.0 cm³/mol. The van der Waals surface area contributed by atoms with Crippen molar-refractivity contribution in [2.24, 2.45) is 11.8 Å². The van der Waals surface area contributed by atoms with Gasteiger partial charge >= 0.3 is 0 Å². The Labute approximate surface area is 138 Å². The molecule has 3 nitrogen and oxygen atoms in total. The van der Waals surface area contributed by atoms with Crippen LogP contribution in [0.1, 0.15) is 25.3 Å². The summed E-state index contributed by atoms with van der Waals surface area (Å²) in [6.07, 6.45) is 5.03. The van der Waals surface area contributed by atoms with Gasteiger partial charge in [0.25, 0.3) is 0 Å². The zero-order valence-corrected chi connectivity index (χ0v) is 13.7. The number of carbonyl (C=O) groups excluding carboxylic acids is 1. The Morgan fingerprint density at radius 2 is 1.91 bits per heavy atom. The Morgan fingerprint density at radius 1 is 1.30 bits per heavy atom. The van der Waals surface area contributed by atoms with Crippen molar-refractivity contribution in [1.82, 2.24) is 4.90 Å². The van der Waals surface area contributed by atoms with E-state index >= 15 is 0 Å². The summed E-state index contributed by atoms with van der Waals surface area (Å²) in [7, 11) is 0. The molecule has 1 saturated carbocycles. The minimum Gasteiger partial charge on any atom is -0.385 e. The van der Waals surface area contributed by atoms with Gasteiger partial charge < -0.3 is 5.11 Å². The third-order valence-electron chi connectivity index (χ3n) is 5.34. The minimum absolute atomic E-state index is 0.170. The van der Waals surface area contributed by atoms with E-state index in [-0.39, 0.29) is 5.78 Å². The summed E-state index contributed by atoms with van der Waals surface area (Å²) < 4.78 is 0. The molecule has 2 atom stereocenters. The Hall–Kier alpha value is -1.71. The lowest BCUT2D eigenvalue weighted by molar-refractivity contribution is -0.116. The summed E-state index contributed by atoms with van der Waals surface area (Å²) in [6.45, 7) is 7.78. The second-order valence-corrected chi connectivity index (χ2v) is 7.03. The van der Waals surface area contributed by atoms with Crippen LogP contribution in [0.15, 0.2) is 54.6 Å². The third-order valence-corrected chi connectivity index (χ3v) is 5.34. The number of hydrogen-bond acceptors (Lipinski definition) is 3. The van der Waals surface area contributed by atoms with Crippen LogP contribution >= 0.6 is 0 Å². The Bertz CT molecular complexity index is 606. The van der Waals surface area contributed by atoms with E-state index in [1.54, 1.807) is 12.2 Å². The molecule has 122 valence electrons. The van der Waals surface area contributed by atoms with Crippen LogP contribution in [0.4, 0.5) is 0 Å². The standard InChI is InChI=1S/C20H25NO2/c1-3-7-15(2)19(22)14-21-12-16-10-20(23,11-17(16)13-21)18-8-5-4-6-9-18/h3-9,16-17,23H,1,10-14H2,2H3. The molecule has 2 aliphatic rings. The van der Waals surface area contributed by atoms with Crippen molar-refractivity contribution in [3.05, 3.63) is 60.2 Å². The number of ketones is 1. The average Bonchev–Trinajstić information content (AvgIpc) is 3.03. The third kappa shape index (κ3) is 3.31. The fourth-order valence-electron chi connectivity index (χ4n) is 4.16. The van der Waals surface area contributed by atoms with Crippen LogP contribution in [0.5, 0.6) is 0 Å². The van der Waals surface area contributed by atoms with Gasteiger partial charge in [-0.05, 0) is 42.7 Å². The molecule has 3 heteroatoms. The van der Waals surface area contributed by atoms with E-state index in [9.17, 15) is 9.90 Å². The number of nitrogens with zero attached hydrogens (tertiary/aromatic N) is 1. The van der Waals surface area contributed by atoms with E-state index < -0.39 is 5.60 Å². The number of aliphatic hydroxyl groups is 1. The highest BCUT2D eigenvalue weighted by atomic mass is 16.3. The van der Waals surface area contributed by atoms with Crippen LogP contribution < -0.4 is 0 Å². The summed E-state index contributed by atoms with van der Waals surface area (Å²) in [5, 5.41) is 11.0. The number of rotatable bonds is 5. The molecule has 0 spiro atoms. The van der Waals surface area contributed by atoms with E-state index in [4.69, 9.17) is 0 Å². The number of Topliss-reactive ketones (excluding diaryl/α,β-unsaturated/α-hetero) is 1. The van der Waals surface area contributed by atoms with E-state index in [2.05, 4.69) is 11.5 Å². The van der Waals surface area contributed by atoms with Gasteiger partial charge in [0, 0.05) is 13.1 Å². The molecular formula is C20H25NO2. The summed E-state index contributed by atoms with van der Waals surface area (Å²) in [5.41, 5.74) is 1.10. The normalized spacial score (nSPS) is 31.1. The molecule has 0 radical (unpaired) electrons. The van der Waals surface area contributed by atoms with Gasteiger partial charge in [-0.3, -0.25) is 9.69 Å². The lowest BCUT2D eigenvalue weighted by atomic mass is 9.90. The minimum atomic E-state index is -0.689. The molecule has 2 fully saturated rings. The fourth-order valence-corrected chi connectivity index (χ4v) is 4.16. The van der Waals surface area contributed by atoms with E-state index in [0.29, 0.717) is 18.4 Å². The van der Waals surface area contributed by atoms with Gasteiger partial charge in [0.05, 0.1) is 12.1 Å². The van der Waals surface area contributed by atoms with Crippen molar-refractivity contribution in [3.63, 3.8) is 0 Å². The lowest BCUT2D eigenvalue weighted by Crippen LogP contribution is -2.32. The molecule has 0 bridgehead atoms. The number of fused-ring (bicyclic) bond motifs is 1. The summed E-state index contributed by atoms with van der Waals surface area (Å²) in [5.74, 6) is 1.14. The summed E-state index contributed by atoms with van der Waals surface area (Å²) in [4.78, 5) is 14.4. The van der Waals surface area contributed by atoms with Crippen LogP contribution in [0.2, 0.25) is 0 Å². The molecule has 1 aromatic rings. The van der Waals surface area contributed by atoms with Crippen molar-refractivity contribution in [1.29, 1.82) is 0 Å². The molecular weight excluding hydrogens is 286 g/mol. The lowest BCUT2D eigenvalue weighted by Gasteiger charge is -2.26. The second kappa shape index (κ2) is 6.42. The first-order valence-electron chi connectivity index (χ1n) is 8.34. The van der Waals surface area contributed by atoms with Gasteiger partial charge in [0.1, 0.15) is 0 Å². The van der Waals surface area contributed by atoms with Crippen LogP contribution in [-0.2, 0) is 10.4 Å². The molecule has 23 heavy (non-hydrogen) atoms. The van der Waals surface area contributed by atoms with E-state index in [1.165, 1.54) is 0 Å². The molecule has 1 aromatic carbocycles. The largest absolute Gasteiger partial charge is 0.385 e. The van der Waals surface area contributed by atoms with Crippen molar-refractivity contribution >= 4 is 5.78 Å². The van der Waals surface area contributed by atoms with Crippen LogP contribution in [-0.4, -0.2) is 35.4 Å². The smallest absolute Gasteiger partial charge is 0.172 e. The maximum absolute atomic E-state index is 12.2. The van der Waals surface area contributed by atoms with Gasteiger partial charge in [0.15, 0.2) is 5.78 Å². The highest BCUT2D eigenvalue weighted by molar-refractivity contribution is 5.96. The molecule has 1 N–H and O–H groups in total. The number of allylic oxidation sites excluding steroid dienone is 2. The van der Waals surface area contributed by atoms with Crippen LogP contribution in [0.25, 0.3) is 0 Å². The Morgan fingerprint density at radius 3 is 2.48 bits per heavy atom.